The Balaban J connectivity index is 1.14. The highest BCUT2D eigenvalue weighted by atomic mass is 35.5. The maximum Gasteiger partial charge on any atom is 0.451 e. The third kappa shape index (κ3) is 6.69. The van der Waals surface area contributed by atoms with Gasteiger partial charge in [0.15, 0.2) is 5.82 Å². The molecule has 4 heterocycles. The molecule has 1 saturated carbocycles. The summed E-state index contributed by atoms with van der Waals surface area (Å²) in [6.07, 6.45) is 2.22. The number of pyridine rings is 2. The van der Waals surface area contributed by atoms with Crippen LogP contribution in [0.4, 0.5) is 17.6 Å². The first-order valence-electron chi connectivity index (χ1n) is 14.3. The zero-order valence-corrected chi connectivity index (χ0v) is 24.3. The number of hydrogen-bond acceptors (Lipinski definition) is 7. The first-order chi connectivity index (χ1) is 21.1. The Kier molecular flexibility index (Phi) is 8.26. The number of halogens is 5. The predicted octanol–water partition coefficient (Wildman–Crippen LogP) is 6.88. The molecule has 1 aliphatic carbocycles. The molecule has 2 aliphatic rings. The number of benzene rings is 1. The predicted molar refractivity (Wildman–Crippen MR) is 153 cm³/mol. The van der Waals surface area contributed by atoms with Crippen LogP contribution in [0.15, 0.2) is 48.8 Å². The van der Waals surface area contributed by atoms with Crippen molar-refractivity contribution in [1.29, 1.82) is 5.26 Å². The Hall–Kier alpha value is -4.08. The molecule has 3 aromatic heterocycles. The zero-order chi connectivity index (χ0) is 30.9. The average Bonchev–Trinajstić information content (AvgIpc) is 3.59. The molecule has 1 saturated heterocycles. The average molecular weight is 626 g/mol. The van der Waals surface area contributed by atoms with Gasteiger partial charge >= 0.3 is 6.18 Å². The highest BCUT2D eigenvalue weighted by molar-refractivity contribution is 6.30. The number of nitrogens with zero attached hydrogens (tertiary/aromatic N) is 6. The van der Waals surface area contributed by atoms with Gasteiger partial charge in [-0.3, -0.25) is 9.88 Å². The quantitative estimate of drug-likeness (QED) is 0.202. The van der Waals surface area contributed by atoms with Crippen molar-refractivity contribution >= 4 is 11.6 Å². The maximum absolute atomic E-state index is 14.3. The number of alkyl halides is 3. The summed E-state index contributed by atoms with van der Waals surface area (Å²) in [6.45, 7) is 2.12. The third-order valence-corrected chi connectivity index (χ3v) is 8.52. The second-order valence-corrected chi connectivity index (χ2v) is 11.8. The minimum atomic E-state index is -4.64. The van der Waals surface area contributed by atoms with E-state index in [1.807, 2.05) is 12.1 Å². The van der Waals surface area contributed by atoms with Gasteiger partial charge in [-0.1, -0.05) is 23.7 Å². The Labute approximate surface area is 256 Å². The fourth-order valence-corrected chi connectivity index (χ4v) is 5.72. The van der Waals surface area contributed by atoms with Crippen molar-refractivity contribution in [3.8, 4) is 23.3 Å². The van der Waals surface area contributed by atoms with E-state index in [0.29, 0.717) is 35.0 Å². The number of nitrogens with one attached hydrogen (secondary N) is 1. The number of aromatic amines is 1. The van der Waals surface area contributed by atoms with E-state index < -0.39 is 23.2 Å². The third-order valence-electron chi connectivity index (χ3n) is 8.29. The maximum atomic E-state index is 14.3. The van der Waals surface area contributed by atoms with Crippen LogP contribution in [0.2, 0.25) is 5.02 Å². The van der Waals surface area contributed by atoms with E-state index in [1.165, 1.54) is 12.3 Å². The van der Waals surface area contributed by atoms with Gasteiger partial charge in [0, 0.05) is 40.7 Å². The summed E-state index contributed by atoms with van der Waals surface area (Å²) >= 11 is 5.86. The lowest BCUT2D eigenvalue weighted by Crippen LogP contribution is -2.33. The van der Waals surface area contributed by atoms with Crippen molar-refractivity contribution in [3.63, 3.8) is 0 Å². The first-order valence-corrected chi connectivity index (χ1v) is 14.6. The summed E-state index contributed by atoms with van der Waals surface area (Å²) < 4.78 is 59.4. The van der Waals surface area contributed by atoms with Crippen LogP contribution in [0.5, 0.6) is 5.88 Å². The van der Waals surface area contributed by atoms with E-state index in [4.69, 9.17) is 16.3 Å². The van der Waals surface area contributed by atoms with Crippen molar-refractivity contribution in [2.75, 3.05) is 13.1 Å². The second-order valence-electron chi connectivity index (χ2n) is 11.4. The highest BCUT2D eigenvalue weighted by Crippen LogP contribution is 2.48. The van der Waals surface area contributed by atoms with Crippen molar-refractivity contribution in [2.45, 2.75) is 57.3 Å². The molecule has 4 aromatic rings. The Morgan fingerprint density at radius 2 is 1.89 bits per heavy atom. The minimum Gasteiger partial charge on any atom is -0.472 e. The molecule has 0 spiro atoms. The van der Waals surface area contributed by atoms with Crippen molar-refractivity contribution in [1.82, 2.24) is 30.0 Å². The lowest BCUT2D eigenvalue weighted by molar-refractivity contribution is -0.144. The molecule has 2 fully saturated rings. The molecule has 1 aliphatic heterocycles. The molecule has 228 valence electrons. The molecule has 1 aromatic carbocycles. The van der Waals surface area contributed by atoms with Gasteiger partial charge in [-0.25, -0.2) is 9.37 Å². The second kappa shape index (κ2) is 12.1. The molecular formula is C31H28ClF4N7O. The molecule has 1 N–H and O–H groups in total. The molecule has 44 heavy (non-hydrogen) atoms. The van der Waals surface area contributed by atoms with Crippen LogP contribution < -0.4 is 4.74 Å². The summed E-state index contributed by atoms with van der Waals surface area (Å²) in [5.41, 5.74) is 2.91. The summed E-state index contributed by atoms with van der Waals surface area (Å²) in [7, 11) is 0. The number of nitriles is 1. The number of aromatic nitrogens is 5. The number of ether oxygens (including phenoxy) is 1. The van der Waals surface area contributed by atoms with Gasteiger partial charge in [0.2, 0.25) is 11.7 Å². The Bertz CT molecular complexity index is 1690. The number of H-pyrrole nitrogens is 1. The molecule has 0 amide bonds. The topological polar surface area (TPSA) is 104 Å². The summed E-state index contributed by atoms with van der Waals surface area (Å²) in [4.78, 5) is 13.6. The standard InChI is InChI=1S/C31H28ClF4N7O/c32-23-4-3-20(25(33)13-23)17-44-28-24(2-1-9-38-28)19-5-10-43(11-6-19)16-26-21(14-30(18-37)7-8-30)12-22(15-39-26)27-40-29(42-41-27)31(34,35)36/h1-4,9,12-13,15,19H,5-8,10-11,14,16-17H2,(H,40,41,42). The van der Waals surface area contributed by atoms with Gasteiger partial charge in [-0.15, -0.1) is 10.2 Å². The van der Waals surface area contributed by atoms with Crippen LogP contribution in [0.1, 0.15) is 59.8 Å². The van der Waals surface area contributed by atoms with Crippen LogP contribution in [-0.2, 0) is 25.7 Å². The summed E-state index contributed by atoms with van der Waals surface area (Å²) in [5, 5.41) is 16.9. The summed E-state index contributed by atoms with van der Waals surface area (Å²) in [6, 6.07) is 12.5. The molecule has 0 unspecified atom stereocenters. The van der Waals surface area contributed by atoms with Crippen LogP contribution in [0, 0.1) is 22.6 Å². The van der Waals surface area contributed by atoms with E-state index >= 15 is 0 Å². The van der Waals surface area contributed by atoms with E-state index in [9.17, 15) is 22.8 Å². The van der Waals surface area contributed by atoms with Crippen LogP contribution in [0.3, 0.4) is 0 Å². The molecule has 0 radical (unpaired) electrons. The van der Waals surface area contributed by atoms with E-state index in [1.54, 1.807) is 24.4 Å². The monoisotopic (exact) mass is 625 g/mol. The number of piperidine rings is 1. The number of rotatable bonds is 9. The van der Waals surface area contributed by atoms with E-state index in [2.05, 4.69) is 36.1 Å². The van der Waals surface area contributed by atoms with Crippen LogP contribution >= 0.6 is 11.6 Å². The van der Waals surface area contributed by atoms with Gasteiger partial charge in [-0.2, -0.15) is 18.4 Å². The number of likely N-dealkylation sites (tertiary alicyclic amines) is 1. The highest BCUT2D eigenvalue weighted by Gasteiger charge is 2.44. The molecule has 8 nitrogen and oxygen atoms in total. The number of hydrogen-bond donors (Lipinski definition) is 1. The zero-order valence-electron chi connectivity index (χ0n) is 23.5. The van der Waals surface area contributed by atoms with Gasteiger partial charge in [-0.05, 0) is 80.9 Å². The molecular weight excluding hydrogens is 598 g/mol. The van der Waals surface area contributed by atoms with Crippen LogP contribution in [0.25, 0.3) is 11.4 Å². The van der Waals surface area contributed by atoms with Gasteiger partial charge in [0.05, 0.1) is 17.2 Å². The SMILES string of the molecule is N#CC1(Cc2cc(-c3nnc(C(F)(F)F)[nH]3)cnc2CN2CCC(c3cccnc3OCc3ccc(Cl)cc3F)CC2)CC1. The smallest absolute Gasteiger partial charge is 0.451 e. The van der Waals surface area contributed by atoms with Crippen molar-refractivity contribution in [3.05, 3.63) is 87.8 Å². The molecule has 13 heteroatoms. The summed E-state index contributed by atoms with van der Waals surface area (Å²) in [5.74, 6) is -0.947. The lowest BCUT2D eigenvalue weighted by atomic mass is 9.89. The normalized spacial score (nSPS) is 16.9. The largest absolute Gasteiger partial charge is 0.472 e. The Morgan fingerprint density at radius 3 is 2.57 bits per heavy atom. The fraction of sp³-hybridized carbons (Fsp3) is 0.387. The lowest BCUT2D eigenvalue weighted by Gasteiger charge is -2.32. The van der Waals surface area contributed by atoms with E-state index in [-0.39, 0.29) is 18.3 Å². The van der Waals surface area contributed by atoms with Crippen LogP contribution in [-0.4, -0.2) is 43.1 Å². The fourth-order valence-electron chi connectivity index (χ4n) is 5.56. The van der Waals surface area contributed by atoms with Gasteiger partial charge in [0.25, 0.3) is 0 Å². The Morgan fingerprint density at radius 1 is 1.09 bits per heavy atom. The van der Waals surface area contributed by atoms with Crippen molar-refractivity contribution < 1.29 is 22.3 Å². The van der Waals surface area contributed by atoms with E-state index in [0.717, 1.165) is 55.6 Å². The molecule has 6 rings (SSSR count). The van der Waals surface area contributed by atoms with Gasteiger partial charge in [0.1, 0.15) is 12.4 Å². The molecule has 0 atom stereocenters. The molecule has 0 bridgehead atoms. The minimum absolute atomic E-state index is 0.0199. The first kappa shape index (κ1) is 30.0. The van der Waals surface area contributed by atoms with Crippen molar-refractivity contribution in [2.24, 2.45) is 5.41 Å². The van der Waals surface area contributed by atoms with Gasteiger partial charge < -0.3 is 9.72 Å².